The number of hydrogen-bond acceptors (Lipinski definition) is 6. The van der Waals surface area contributed by atoms with Gasteiger partial charge in [0.25, 0.3) is 0 Å². The van der Waals surface area contributed by atoms with E-state index in [9.17, 15) is 9.18 Å². The summed E-state index contributed by atoms with van der Waals surface area (Å²) in [6.45, 7) is 4.27. The predicted octanol–water partition coefficient (Wildman–Crippen LogP) is 3.20. The second kappa shape index (κ2) is 9.38. The van der Waals surface area contributed by atoms with Crippen molar-refractivity contribution in [1.82, 2.24) is 29.6 Å². The molecular weight excluding hydrogens is 433 g/mol. The highest BCUT2D eigenvalue weighted by molar-refractivity contribution is 5.77. The number of aryl methyl sites for hydroxylation is 1. The second-order valence-corrected chi connectivity index (χ2v) is 8.16. The average Bonchev–Trinajstić information content (AvgIpc) is 3.30. The van der Waals surface area contributed by atoms with Crippen molar-refractivity contribution < 1.29 is 9.18 Å². The number of hydrogen-bond donors (Lipinski definition) is 0. The summed E-state index contributed by atoms with van der Waals surface area (Å²) in [5.74, 6) is 1.43. The van der Waals surface area contributed by atoms with Crippen LogP contribution in [0.15, 0.2) is 67.0 Å². The Morgan fingerprint density at radius 2 is 1.68 bits per heavy atom. The highest BCUT2D eigenvalue weighted by Crippen LogP contribution is 2.24. The van der Waals surface area contributed by atoms with E-state index in [4.69, 9.17) is 4.98 Å². The summed E-state index contributed by atoms with van der Waals surface area (Å²) in [5.41, 5.74) is 2.09. The minimum absolute atomic E-state index is 0.0300. The molecule has 0 atom stereocenters. The molecule has 1 saturated heterocycles. The van der Waals surface area contributed by atoms with Crippen LogP contribution in [-0.4, -0.2) is 61.7 Å². The van der Waals surface area contributed by atoms with Crippen LogP contribution in [0.25, 0.3) is 22.8 Å². The van der Waals surface area contributed by atoms with E-state index in [1.807, 2.05) is 35.2 Å². The number of rotatable bonds is 5. The first-order valence-corrected chi connectivity index (χ1v) is 11.1. The van der Waals surface area contributed by atoms with Gasteiger partial charge in [-0.25, -0.2) is 24.0 Å². The smallest absolute Gasteiger partial charge is 0.244 e. The molecule has 34 heavy (non-hydrogen) atoms. The molecule has 4 aromatic rings. The highest BCUT2D eigenvalue weighted by atomic mass is 19.1. The molecule has 2 aromatic carbocycles. The third-order valence-corrected chi connectivity index (χ3v) is 5.87. The van der Waals surface area contributed by atoms with Crippen molar-refractivity contribution in [3.63, 3.8) is 0 Å². The largest absolute Gasteiger partial charge is 0.338 e. The van der Waals surface area contributed by atoms with Gasteiger partial charge in [-0.15, -0.1) is 5.10 Å². The highest BCUT2D eigenvalue weighted by Gasteiger charge is 2.24. The molecule has 0 saturated carbocycles. The molecule has 5 rings (SSSR count). The monoisotopic (exact) mass is 457 g/mol. The van der Waals surface area contributed by atoms with Gasteiger partial charge in [0.1, 0.15) is 12.4 Å². The van der Waals surface area contributed by atoms with Gasteiger partial charge in [0.2, 0.25) is 11.9 Å². The van der Waals surface area contributed by atoms with E-state index in [1.165, 1.54) is 6.07 Å². The molecule has 0 bridgehead atoms. The number of aromatic nitrogens is 5. The van der Waals surface area contributed by atoms with Crippen LogP contribution < -0.4 is 4.90 Å². The average molecular weight is 458 g/mol. The van der Waals surface area contributed by atoms with Gasteiger partial charge in [0.15, 0.2) is 11.6 Å². The van der Waals surface area contributed by atoms with Crippen molar-refractivity contribution in [2.75, 3.05) is 31.1 Å². The molecule has 1 aliphatic rings. The van der Waals surface area contributed by atoms with Crippen molar-refractivity contribution in [2.24, 2.45) is 0 Å². The van der Waals surface area contributed by atoms with Crippen molar-refractivity contribution in [3.05, 3.63) is 78.4 Å². The molecule has 1 aliphatic heterocycles. The Balaban J connectivity index is 1.36. The fourth-order valence-corrected chi connectivity index (χ4v) is 4.00. The van der Waals surface area contributed by atoms with Crippen LogP contribution >= 0.6 is 0 Å². The van der Waals surface area contributed by atoms with E-state index in [0.717, 1.165) is 5.56 Å². The third-order valence-electron chi connectivity index (χ3n) is 5.87. The number of piperazine rings is 1. The maximum absolute atomic E-state index is 13.8. The van der Waals surface area contributed by atoms with Crippen LogP contribution in [0, 0.1) is 12.7 Å². The molecule has 0 radical (unpaired) electrons. The number of amides is 1. The van der Waals surface area contributed by atoms with Crippen LogP contribution in [0.1, 0.15) is 5.56 Å². The van der Waals surface area contributed by atoms with E-state index >= 15 is 0 Å². The summed E-state index contributed by atoms with van der Waals surface area (Å²) in [6, 6.07) is 16.2. The van der Waals surface area contributed by atoms with Gasteiger partial charge in [-0.2, -0.15) is 0 Å². The Labute approximate surface area is 196 Å². The lowest BCUT2D eigenvalue weighted by atomic mass is 10.1. The van der Waals surface area contributed by atoms with Crippen molar-refractivity contribution in [3.8, 4) is 22.8 Å². The standard InChI is InChI=1S/C25H24FN7O/c1-18-16-20(8-9-21(18)26)23-29-24(19-6-3-2-4-7-19)33(30-23)17-22(34)31-12-14-32(15-13-31)25-27-10-5-11-28-25/h2-11,16H,12-15,17H2,1H3. The maximum Gasteiger partial charge on any atom is 0.244 e. The van der Waals surface area contributed by atoms with E-state index in [1.54, 1.807) is 42.2 Å². The number of halogens is 1. The fourth-order valence-electron chi connectivity index (χ4n) is 4.00. The lowest BCUT2D eigenvalue weighted by molar-refractivity contribution is -0.132. The predicted molar refractivity (Wildman–Crippen MR) is 126 cm³/mol. The molecule has 0 aliphatic carbocycles. The van der Waals surface area contributed by atoms with Crippen molar-refractivity contribution in [2.45, 2.75) is 13.5 Å². The second-order valence-electron chi connectivity index (χ2n) is 8.16. The summed E-state index contributed by atoms with van der Waals surface area (Å²) >= 11 is 0. The van der Waals surface area contributed by atoms with Gasteiger partial charge in [-0.05, 0) is 36.8 Å². The molecule has 9 heteroatoms. The van der Waals surface area contributed by atoms with E-state index < -0.39 is 0 Å². The Morgan fingerprint density at radius 3 is 2.38 bits per heavy atom. The van der Waals surface area contributed by atoms with E-state index in [-0.39, 0.29) is 18.3 Å². The first kappa shape index (κ1) is 21.7. The van der Waals surface area contributed by atoms with Gasteiger partial charge in [-0.1, -0.05) is 30.3 Å². The fraction of sp³-hybridized carbons (Fsp3) is 0.240. The molecule has 3 heterocycles. The maximum atomic E-state index is 13.8. The summed E-state index contributed by atoms with van der Waals surface area (Å²) in [4.78, 5) is 30.4. The first-order chi connectivity index (χ1) is 16.6. The number of nitrogens with zero attached hydrogens (tertiary/aromatic N) is 7. The molecule has 2 aromatic heterocycles. The van der Waals surface area contributed by atoms with Crippen LogP contribution in [-0.2, 0) is 11.3 Å². The molecule has 0 N–H and O–H groups in total. The molecule has 172 valence electrons. The molecular formula is C25H24FN7O. The number of benzene rings is 2. The van der Waals surface area contributed by atoms with E-state index in [2.05, 4.69) is 20.0 Å². The first-order valence-electron chi connectivity index (χ1n) is 11.1. The number of carbonyl (C=O) groups is 1. The van der Waals surface area contributed by atoms with E-state index in [0.29, 0.717) is 54.9 Å². The summed E-state index contributed by atoms with van der Waals surface area (Å²) in [6.07, 6.45) is 3.44. The van der Waals surface area contributed by atoms with Gasteiger partial charge in [-0.3, -0.25) is 4.79 Å². The summed E-state index contributed by atoms with van der Waals surface area (Å²) in [5, 5.41) is 4.63. The molecule has 8 nitrogen and oxygen atoms in total. The van der Waals surface area contributed by atoms with Crippen LogP contribution in [0.2, 0.25) is 0 Å². The van der Waals surface area contributed by atoms with Gasteiger partial charge in [0.05, 0.1) is 0 Å². The van der Waals surface area contributed by atoms with Gasteiger partial charge < -0.3 is 9.80 Å². The summed E-state index contributed by atoms with van der Waals surface area (Å²) < 4.78 is 15.4. The van der Waals surface area contributed by atoms with Crippen LogP contribution in [0.3, 0.4) is 0 Å². The summed E-state index contributed by atoms with van der Waals surface area (Å²) in [7, 11) is 0. The molecule has 1 fully saturated rings. The Kier molecular flexibility index (Phi) is 5.99. The minimum atomic E-state index is -0.276. The minimum Gasteiger partial charge on any atom is -0.338 e. The lowest BCUT2D eigenvalue weighted by Crippen LogP contribution is -2.50. The lowest BCUT2D eigenvalue weighted by Gasteiger charge is -2.34. The Hall–Kier alpha value is -4.14. The number of anilines is 1. The number of carbonyl (C=O) groups excluding carboxylic acids is 1. The SMILES string of the molecule is Cc1cc(-c2nc(-c3ccccc3)n(CC(=O)N3CCN(c4ncccn4)CC3)n2)ccc1F. The van der Waals surface area contributed by atoms with Gasteiger partial charge in [0, 0.05) is 49.7 Å². The Morgan fingerprint density at radius 1 is 0.941 bits per heavy atom. The zero-order chi connectivity index (χ0) is 23.5. The molecule has 0 unspecified atom stereocenters. The van der Waals surface area contributed by atoms with Gasteiger partial charge >= 0.3 is 0 Å². The normalized spacial score (nSPS) is 13.8. The van der Waals surface area contributed by atoms with Crippen molar-refractivity contribution >= 4 is 11.9 Å². The molecule has 1 amide bonds. The zero-order valence-corrected chi connectivity index (χ0v) is 18.8. The third kappa shape index (κ3) is 4.50. The topological polar surface area (TPSA) is 80.0 Å². The molecule has 0 spiro atoms. The van der Waals surface area contributed by atoms with Crippen LogP contribution in [0.4, 0.5) is 10.3 Å². The van der Waals surface area contributed by atoms with Crippen molar-refractivity contribution in [1.29, 1.82) is 0 Å². The zero-order valence-electron chi connectivity index (χ0n) is 18.8. The van der Waals surface area contributed by atoms with Crippen LogP contribution in [0.5, 0.6) is 0 Å². The Bertz CT molecular complexity index is 1290. The quantitative estimate of drug-likeness (QED) is 0.458.